The van der Waals surface area contributed by atoms with Crippen LogP contribution < -0.4 is 10.6 Å². The molecule has 0 aliphatic heterocycles. The van der Waals surface area contributed by atoms with Gasteiger partial charge in [0.05, 0.1) is 0 Å². The molecular weight excluding hydrogens is 400 g/mol. The molecule has 0 saturated carbocycles. The van der Waals surface area contributed by atoms with Crippen molar-refractivity contribution in [3.05, 3.63) is 119 Å². The average Bonchev–Trinajstić information content (AvgIpc) is 2.84. The van der Waals surface area contributed by atoms with Gasteiger partial charge >= 0.3 is 0 Å². The van der Waals surface area contributed by atoms with Crippen molar-refractivity contribution in [2.45, 2.75) is 13.1 Å². The highest BCUT2D eigenvalue weighted by atomic mass is 16.3. The minimum Gasteiger partial charge on any atom is -0.508 e. The third-order valence-electron chi connectivity index (χ3n) is 5.20. The van der Waals surface area contributed by atoms with Crippen LogP contribution in [0.2, 0.25) is 0 Å². The SMILES string of the molecule is O=C(c1ccc(O)c(CNc2ccccc2)c1)c1ccc(O)c(CNc2ccccc2)c1. The minimum atomic E-state index is -0.174. The van der Waals surface area contributed by atoms with Crippen molar-refractivity contribution in [2.75, 3.05) is 10.6 Å². The normalized spacial score (nSPS) is 10.5. The van der Waals surface area contributed by atoms with E-state index in [1.165, 1.54) is 12.1 Å². The van der Waals surface area contributed by atoms with Gasteiger partial charge in [0, 0.05) is 46.7 Å². The molecule has 0 heterocycles. The van der Waals surface area contributed by atoms with Crippen molar-refractivity contribution in [3.8, 4) is 11.5 Å². The topological polar surface area (TPSA) is 81.6 Å². The van der Waals surface area contributed by atoms with Gasteiger partial charge < -0.3 is 20.8 Å². The highest BCUT2D eigenvalue weighted by Gasteiger charge is 2.14. The van der Waals surface area contributed by atoms with Crippen LogP contribution in [0.4, 0.5) is 11.4 Å². The Morgan fingerprint density at radius 2 is 1.00 bits per heavy atom. The number of carbonyl (C=O) groups excluding carboxylic acids is 1. The predicted molar refractivity (Wildman–Crippen MR) is 127 cm³/mol. The summed E-state index contributed by atoms with van der Waals surface area (Å²) >= 11 is 0. The number of anilines is 2. The van der Waals surface area contributed by atoms with Crippen LogP contribution in [-0.2, 0) is 13.1 Å². The zero-order valence-electron chi connectivity index (χ0n) is 17.5. The fourth-order valence-corrected chi connectivity index (χ4v) is 3.41. The molecule has 0 radical (unpaired) electrons. The van der Waals surface area contributed by atoms with Crippen LogP contribution in [0.15, 0.2) is 97.1 Å². The summed E-state index contributed by atoms with van der Waals surface area (Å²) < 4.78 is 0. The zero-order valence-corrected chi connectivity index (χ0v) is 17.5. The van der Waals surface area contributed by atoms with Crippen LogP contribution in [0.25, 0.3) is 0 Å². The van der Waals surface area contributed by atoms with Crippen molar-refractivity contribution < 1.29 is 15.0 Å². The van der Waals surface area contributed by atoms with Crippen LogP contribution in [0.5, 0.6) is 11.5 Å². The molecular formula is C27H24N2O3. The molecule has 4 aromatic rings. The van der Waals surface area contributed by atoms with Gasteiger partial charge in [-0.3, -0.25) is 4.79 Å². The molecule has 4 rings (SSSR count). The Morgan fingerprint density at radius 1 is 0.594 bits per heavy atom. The summed E-state index contributed by atoms with van der Waals surface area (Å²) in [6.07, 6.45) is 0. The van der Waals surface area contributed by atoms with Gasteiger partial charge in [-0.1, -0.05) is 36.4 Å². The Morgan fingerprint density at radius 3 is 1.41 bits per heavy atom. The molecule has 0 aliphatic carbocycles. The highest BCUT2D eigenvalue weighted by molar-refractivity contribution is 6.09. The smallest absolute Gasteiger partial charge is 0.193 e. The molecule has 0 aliphatic rings. The van der Waals surface area contributed by atoms with Gasteiger partial charge in [-0.2, -0.15) is 0 Å². The molecule has 0 bridgehead atoms. The van der Waals surface area contributed by atoms with E-state index in [1.54, 1.807) is 24.3 Å². The number of benzene rings is 4. The first-order valence-electron chi connectivity index (χ1n) is 10.4. The second-order valence-corrected chi connectivity index (χ2v) is 7.46. The molecule has 5 nitrogen and oxygen atoms in total. The number of rotatable bonds is 8. The molecule has 4 aromatic carbocycles. The Labute approximate surface area is 187 Å². The van der Waals surface area contributed by atoms with Gasteiger partial charge in [0.2, 0.25) is 0 Å². The number of phenolic OH excluding ortho intramolecular Hbond substituents is 2. The number of aromatic hydroxyl groups is 2. The van der Waals surface area contributed by atoms with Crippen molar-refractivity contribution >= 4 is 17.2 Å². The molecule has 0 amide bonds. The van der Waals surface area contributed by atoms with Gasteiger partial charge in [-0.15, -0.1) is 0 Å². The number of nitrogens with one attached hydrogen (secondary N) is 2. The first kappa shape index (κ1) is 21.0. The van der Waals surface area contributed by atoms with Crippen LogP contribution in [0.1, 0.15) is 27.0 Å². The lowest BCUT2D eigenvalue weighted by Gasteiger charge is -2.12. The third-order valence-corrected chi connectivity index (χ3v) is 5.20. The van der Waals surface area contributed by atoms with Crippen molar-refractivity contribution in [1.29, 1.82) is 0 Å². The van der Waals surface area contributed by atoms with Gasteiger partial charge in [-0.25, -0.2) is 0 Å². The number of hydrogen-bond acceptors (Lipinski definition) is 5. The van der Waals surface area contributed by atoms with Crippen molar-refractivity contribution in [1.82, 2.24) is 0 Å². The summed E-state index contributed by atoms with van der Waals surface area (Å²) in [7, 11) is 0. The quantitative estimate of drug-likeness (QED) is 0.279. The monoisotopic (exact) mass is 424 g/mol. The maximum atomic E-state index is 13.1. The lowest BCUT2D eigenvalue weighted by atomic mass is 9.98. The van der Waals surface area contributed by atoms with Gasteiger partial charge in [-0.05, 0) is 60.7 Å². The van der Waals surface area contributed by atoms with E-state index in [2.05, 4.69) is 10.6 Å². The van der Waals surface area contributed by atoms with Gasteiger partial charge in [0.1, 0.15) is 11.5 Å². The van der Waals surface area contributed by atoms with Gasteiger partial charge in [0.15, 0.2) is 5.78 Å². The Bertz CT molecular complexity index is 1110. The average molecular weight is 425 g/mol. The molecule has 0 unspecified atom stereocenters. The van der Waals surface area contributed by atoms with E-state index >= 15 is 0 Å². The highest BCUT2D eigenvalue weighted by Crippen LogP contribution is 2.25. The number of phenols is 2. The molecule has 160 valence electrons. The standard InChI is InChI=1S/C27H24N2O3/c30-25-13-11-19(15-21(25)17-28-23-7-3-1-4-8-23)27(32)20-12-14-26(31)22(16-20)18-29-24-9-5-2-6-10-24/h1-16,28-31H,17-18H2. The van der Waals surface area contributed by atoms with E-state index < -0.39 is 0 Å². The molecule has 5 heteroatoms. The predicted octanol–water partition coefficient (Wildman–Crippen LogP) is 5.55. The van der Waals surface area contributed by atoms with Crippen LogP contribution in [-0.4, -0.2) is 16.0 Å². The zero-order chi connectivity index (χ0) is 22.3. The number of ketones is 1. The lowest BCUT2D eigenvalue weighted by molar-refractivity contribution is 0.103. The van der Waals surface area contributed by atoms with Crippen molar-refractivity contribution in [2.24, 2.45) is 0 Å². The summed E-state index contributed by atoms with van der Waals surface area (Å²) in [6, 6.07) is 29.0. The third kappa shape index (κ3) is 5.08. The summed E-state index contributed by atoms with van der Waals surface area (Å²) in [5.74, 6) is 0.0822. The largest absolute Gasteiger partial charge is 0.508 e. The van der Waals surface area contributed by atoms with E-state index in [0.29, 0.717) is 35.3 Å². The Balaban J connectivity index is 1.51. The van der Waals surface area contributed by atoms with Crippen LogP contribution in [0.3, 0.4) is 0 Å². The fourth-order valence-electron chi connectivity index (χ4n) is 3.41. The lowest BCUT2D eigenvalue weighted by Crippen LogP contribution is -2.06. The second kappa shape index (κ2) is 9.71. The minimum absolute atomic E-state index is 0.128. The molecule has 0 saturated heterocycles. The number of hydrogen-bond donors (Lipinski definition) is 4. The van der Waals surface area contributed by atoms with E-state index in [9.17, 15) is 15.0 Å². The maximum Gasteiger partial charge on any atom is 0.193 e. The fraction of sp³-hybridized carbons (Fsp3) is 0.0741. The Hall–Kier alpha value is -4.25. The summed E-state index contributed by atoms with van der Waals surface area (Å²) in [5.41, 5.74) is 4.06. The van der Waals surface area contributed by atoms with Crippen LogP contribution in [0, 0.1) is 0 Å². The molecule has 0 fully saturated rings. The van der Waals surface area contributed by atoms with Gasteiger partial charge in [0.25, 0.3) is 0 Å². The number of carbonyl (C=O) groups is 1. The second-order valence-electron chi connectivity index (χ2n) is 7.46. The molecule has 0 spiro atoms. The summed E-state index contributed by atoms with van der Waals surface area (Å²) in [6.45, 7) is 0.775. The molecule has 0 aromatic heterocycles. The van der Waals surface area contributed by atoms with Crippen LogP contribution >= 0.6 is 0 Å². The summed E-state index contributed by atoms with van der Waals surface area (Å²) in [4.78, 5) is 13.1. The van der Waals surface area contributed by atoms with Crippen molar-refractivity contribution in [3.63, 3.8) is 0 Å². The molecule has 0 atom stereocenters. The maximum absolute atomic E-state index is 13.1. The molecule has 4 N–H and O–H groups in total. The number of para-hydroxylation sites is 2. The van der Waals surface area contributed by atoms with E-state index in [1.807, 2.05) is 60.7 Å². The van der Waals surface area contributed by atoms with E-state index in [0.717, 1.165) is 11.4 Å². The first-order chi connectivity index (χ1) is 15.6. The van der Waals surface area contributed by atoms with E-state index in [-0.39, 0.29) is 17.3 Å². The van der Waals surface area contributed by atoms with E-state index in [4.69, 9.17) is 0 Å². The molecule has 32 heavy (non-hydrogen) atoms. The Kier molecular flexibility index (Phi) is 6.37. The summed E-state index contributed by atoms with van der Waals surface area (Å²) in [5, 5.41) is 27.0. The first-order valence-corrected chi connectivity index (χ1v) is 10.4.